The molecule has 8 heteroatoms. The van der Waals surface area contributed by atoms with Crippen LogP contribution in [-0.4, -0.2) is 95.7 Å². The first kappa shape index (κ1) is 22.7. The maximum Gasteiger partial charge on any atom is 0.104 e. The Labute approximate surface area is 137 Å². The van der Waals surface area contributed by atoms with Crippen molar-refractivity contribution < 1.29 is 39.7 Å². The van der Waals surface area contributed by atoms with E-state index in [9.17, 15) is 15.3 Å². The van der Waals surface area contributed by atoms with Crippen molar-refractivity contribution in [3.05, 3.63) is 0 Å². The van der Waals surface area contributed by atoms with Crippen LogP contribution in [0.2, 0.25) is 0 Å². The lowest BCUT2D eigenvalue weighted by Gasteiger charge is -2.22. The van der Waals surface area contributed by atoms with Crippen molar-refractivity contribution in [1.82, 2.24) is 0 Å². The zero-order valence-corrected chi connectivity index (χ0v) is 14.0. The van der Waals surface area contributed by atoms with Crippen LogP contribution in [0.5, 0.6) is 0 Å². The van der Waals surface area contributed by atoms with Crippen LogP contribution >= 0.6 is 0 Å². The van der Waals surface area contributed by atoms with Crippen LogP contribution in [0, 0.1) is 0 Å². The summed E-state index contributed by atoms with van der Waals surface area (Å²) in [6.07, 6.45) is -1.76. The SMILES string of the molecule is CCC(CC(C)O)OCC(CO)OCC(O)COCC(O)CO. The number of aliphatic hydroxyl groups excluding tert-OH is 5. The lowest BCUT2D eigenvalue weighted by molar-refractivity contribution is -0.102. The maximum atomic E-state index is 9.67. The van der Waals surface area contributed by atoms with Crippen LogP contribution in [0.25, 0.3) is 0 Å². The number of hydrogen-bond donors (Lipinski definition) is 5. The number of ether oxygens (including phenoxy) is 3. The Morgan fingerprint density at radius 1 is 0.783 bits per heavy atom. The quantitative estimate of drug-likeness (QED) is 0.248. The summed E-state index contributed by atoms with van der Waals surface area (Å²) in [6, 6.07) is 0. The van der Waals surface area contributed by atoms with Gasteiger partial charge in [0.2, 0.25) is 0 Å². The zero-order valence-electron chi connectivity index (χ0n) is 14.0. The summed E-state index contributed by atoms with van der Waals surface area (Å²) in [6.45, 7) is 2.99. The highest BCUT2D eigenvalue weighted by Gasteiger charge is 2.16. The van der Waals surface area contributed by atoms with Crippen molar-refractivity contribution in [2.75, 3.05) is 39.6 Å². The Hall–Kier alpha value is -0.320. The number of hydrogen-bond acceptors (Lipinski definition) is 8. The second kappa shape index (κ2) is 14.1. The predicted molar refractivity (Wildman–Crippen MR) is 83.1 cm³/mol. The molecule has 0 bridgehead atoms. The average Bonchev–Trinajstić information content (AvgIpc) is 2.53. The van der Waals surface area contributed by atoms with Crippen molar-refractivity contribution >= 4 is 0 Å². The fourth-order valence-corrected chi connectivity index (χ4v) is 1.82. The fraction of sp³-hybridized carbons (Fsp3) is 1.00. The fourth-order valence-electron chi connectivity index (χ4n) is 1.82. The van der Waals surface area contributed by atoms with E-state index in [4.69, 9.17) is 24.4 Å². The van der Waals surface area contributed by atoms with Crippen LogP contribution in [0.3, 0.4) is 0 Å². The summed E-state index contributed by atoms with van der Waals surface area (Å²) in [4.78, 5) is 0. The zero-order chi connectivity index (χ0) is 17.7. The van der Waals surface area contributed by atoms with Gasteiger partial charge in [-0.2, -0.15) is 0 Å². The molecule has 0 amide bonds. The van der Waals surface area contributed by atoms with E-state index in [1.54, 1.807) is 6.92 Å². The molecule has 0 spiro atoms. The van der Waals surface area contributed by atoms with Gasteiger partial charge >= 0.3 is 0 Å². The molecule has 0 saturated heterocycles. The first-order chi connectivity index (χ1) is 10.9. The van der Waals surface area contributed by atoms with Gasteiger partial charge in [-0.25, -0.2) is 0 Å². The van der Waals surface area contributed by atoms with Crippen LogP contribution in [0.1, 0.15) is 26.7 Å². The molecular weight excluding hydrogens is 308 g/mol. The summed E-state index contributed by atoms with van der Waals surface area (Å²) in [5.41, 5.74) is 0. The Morgan fingerprint density at radius 3 is 1.91 bits per heavy atom. The third kappa shape index (κ3) is 12.7. The molecule has 0 aromatic rings. The first-order valence-corrected chi connectivity index (χ1v) is 7.99. The summed E-state index contributed by atoms with van der Waals surface area (Å²) in [5, 5.41) is 46.0. The Morgan fingerprint density at radius 2 is 1.39 bits per heavy atom. The monoisotopic (exact) mass is 340 g/mol. The summed E-state index contributed by atoms with van der Waals surface area (Å²) in [7, 11) is 0. The van der Waals surface area contributed by atoms with Crippen LogP contribution < -0.4 is 0 Å². The molecule has 5 atom stereocenters. The smallest absolute Gasteiger partial charge is 0.104 e. The third-order valence-electron chi connectivity index (χ3n) is 3.14. The van der Waals surface area contributed by atoms with Crippen molar-refractivity contribution in [2.24, 2.45) is 0 Å². The van der Waals surface area contributed by atoms with E-state index >= 15 is 0 Å². The lowest BCUT2D eigenvalue weighted by atomic mass is 10.1. The lowest BCUT2D eigenvalue weighted by Crippen LogP contribution is -2.33. The van der Waals surface area contributed by atoms with Gasteiger partial charge < -0.3 is 39.7 Å². The van der Waals surface area contributed by atoms with Crippen LogP contribution in [0.4, 0.5) is 0 Å². The van der Waals surface area contributed by atoms with Gasteiger partial charge in [-0.15, -0.1) is 0 Å². The van der Waals surface area contributed by atoms with Crippen LogP contribution in [0.15, 0.2) is 0 Å². The van der Waals surface area contributed by atoms with Gasteiger partial charge in [0.15, 0.2) is 0 Å². The minimum atomic E-state index is -0.971. The molecule has 0 radical (unpaired) electrons. The van der Waals surface area contributed by atoms with Gasteiger partial charge in [-0.1, -0.05) is 6.92 Å². The number of aliphatic hydroxyl groups is 5. The molecule has 140 valence electrons. The summed E-state index contributed by atoms with van der Waals surface area (Å²) in [5.74, 6) is 0. The van der Waals surface area contributed by atoms with Gasteiger partial charge in [-0.3, -0.25) is 0 Å². The van der Waals surface area contributed by atoms with Crippen LogP contribution in [-0.2, 0) is 14.2 Å². The summed E-state index contributed by atoms with van der Waals surface area (Å²) >= 11 is 0. The van der Waals surface area contributed by atoms with Gasteiger partial charge in [-0.05, 0) is 19.8 Å². The predicted octanol–water partition coefficient (Wildman–Crippen LogP) is -1.34. The van der Waals surface area contributed by atoms with Gasteiger partial charge in [0.05, 0.1) is 51.8 Å². The Kier molecular flexibility index (Phi) is 13.9. The van der Waals surface area contributed by atoms with Gasteiger partial charge in [0, 0.05) is 0 Å². The molecule has 0 heterocycles. The number of rotatable bonds is 15. The van der Waals surface area contributed by atoms with Gasteiger partial charge in [0.25, 0.3) is 0 Å². The van der Waals surface area contributed by atoms with Gasteiger partial charge in [0.1, 0.15) is 18.3 Å². The molecule has 0 saturated carbocycles. The minimum Gasteiger partial charge on any atom is -0.394 e. The molecule has 0 aliphatic rings. The second-order valence-corrected chi connectivity index (χ2v) is 5.61. The maximum absolute atomic E-state index is 9.67. The normalized spacial score (nSPS) is 18.4. The topological polar surface area (TPSA) is 129 Å². The Balaban J connectivity index is 3.90. The molecule has 0 aromatic carbocycles. The highest BCUT2D eigenvalue weighted by molar-refractivity contribution is 4.64. The summed E-state index contributed by atoms with van der Waals surface area (Å²) < 4.78 is 16.0. The molecule has 8 nitrogen and oxygen atoms in total. The molecule has 5 unspecified atom stereocenters. The Bertz CT molecular complexity index is 264. The molecule has 23 heavy (non-hydrogen) atoms. The van der Waals surface area contributed by atoms with Crippen molar-refractivity contribution in [3.63, 3.8) is 0 Å². The average molecular weight is 340 g/mol. The van der Waals surface area contributed by atoms with E-state index in [0.717, 1.165) is 6.42 Å². The molecular formula is C15H32O8. The first-order valence-electron chi connectivity index (χ1n) is 7.99. The van der Waals surface area contributed by atoms with E-state index in [-0.39, 0.29) is 39.1 Å². The highest BCUT2D eigenvalue weighted by Crippen LogP contribution is 2.08. The molecule has 0 aliphatic carbocycles. The van der Waals surface area contributed by atoms with Crippen molar-refractivity contribution in [3.8, 4) is 0 Å². The van der Waals surface area contributed by atoms with Crippen molar-refractivity contribution in [1.29, 1.82) is 0 Å². The second-order valence-electron chi connectivity index (χ2n) is 5.61. The van der Waals surface area contributed by atoms with E-state index < -0.39 is 31.0 Å². The van der Waals surface area contributed by atoms with E-state index in [1.165, 1.54) is 0 Å². The molecule has 5 N–H and O–H groups in total. The van der Waals surface area contributed by atoms with E-state index in [2.05, 4.69) is 0 Å². The van der Waals surface area contributed by atoms with E-state index in [1.807, 2.05) is 6.92 Å². The molecule has 0 rings (SSSR count). The highest BCUT2D eigenvalue weighted by atomic mass is 16.6. The van der Waals surface area contributed by atoms with Crippen molar-refractivity contribution in [2.45, 2.75) is 57.2 Å². The third-order valence-corrected chi connectivity index (χ3v) is 3.14. The molecule has 0 aromatic heterocycles. The molecule has 0 aliphatic heterocycles. The van der Waals surface area contributed by atoms with E-state index in [0.29, 0.717) is 6.42 Å². The molecule has 0 fully saturated rings. The standard InChI is InChI=1S/C15H32O8/c1-3-14(4-11(2)18)23-10-15(6-17)22-9-13(20)8-21-7-12(19)5-16/h11-20H,3-10H2,1-2H3. The minimum absolute atomic E-state index is 0.0446. The largest absolute Gasteiger partial charge is 0.394 e.